The zero-order valence-electron chi connectivity index (χ0n) is 6.18. The third-order valence-electron chi connectivity index (χ3n) is 1.24. The fraction of sp³-hybridized carbons (Fsp3) is 0.200. The Labute approximate surface area is 66.5 Å². The van der Waals surface area contributed by atoms with Gasteiger partial charge in [0.05, 0.1) is 10.6 Å². The van der Waals surface area contributed by atoms with E-state index in [-0.39, 0.29) is 10.5 Å². The molecule has 7 nitrogen and oxygen atoms in total. The Morgan fingerprint density at radius 3 is 2.92 bits per heavy atom. The van der Waals surface area contributed by atoms with E-state index in [0.29, 0.717) is 0 Å². The summed E-state index contributed by atoms with van der Waals surface area (Å²) in [7, 11) is 0. The Morgan fingerprint density at radius 2 is 2.42 bits per heavy atom. The van der Waals surface area contributed by atoms with Crippen LogP contribution in [0.5, 0.6) is 0 Å². The van der Waals surface area contributed by atoms with Crippen LogP contribution in [0.25, 0.3) is 0 Å². The molecule has 0 fully saturated rings. The quantitative estimate of drug-likeness (QED) is 0.346. The molecule has 0 atom stereocenters. The van der Waals surface area contributed by atoms with Crippen LogP contribution in [0.4, 0.5) is 5.69 Å². The smallest absolute Gasteiger partial charge is 0.318 e. The van der Waals surface area contributed by atoms with Gasteiger partial charge < -0.3 is 5.21 Å². The zero-order chi connectivity index (χ0) is 9.30. The minimum Gasteiger partial charge on any atom is -0.410 e. The van der Waals surface area contributed by atoms with Crippen LogP contribution in [0, 0.1) is 22.4 Å². The maximum atomic E-state index is 10.3. The number of rotatable bonds is 1. The van der Waals surface area contributed by atoms with Gasteiger partial charge in [-0.1, -0.05) is 4.85 Å². The number of hydrogen-bond acceptors (Lipinski definition) is 5. The van der Waals surface area contributed by atoms with Gasteiger partial charge in [-0.25, -0.2) is 0 Å². The maximum absolute atomic E-state index is 10.3. The first-order chi connectivity index (χ1) is 5.52. The second kappa shape index (κ2) is 2.61. The first kappa shape index (κ1) is 8.18. The number of aromatic nitrogens is 2. The van der Waals surface area contributed by atoms with E-state index in [4.69, 9.17) is 10.6 Å². The van der Waals surface area contributed by atoms with Gasteiger partial charge >= 0.3 is 5.69 Å². The largest absolute Gasteiger partial charge is 0.410 e. The van der Waals surface area contributed by atoms with Crippen LogP contribution in [0.3, 0.4) is 0 Å². The Morgan fingerprint density at radius 1 is 1.83 bits per heavy atom. The lowest BCUT2D eigenvalue weighted by atomic mass is 10.4. The van der Waals surface area contributed by atoms with E-state index in [2.05, 4.69) is 5.10 Å². The number of aryl methyl sites for hydroxylation is 1. The molecule has 12 heavy (non-hydrogen) atoms. The van der Waals surface area contributed by atoms with Gasteiger partial charge in [0.15, 0.2) is 0 Å². The predicted octanol–water partition coefficient (Wildman–Crippen LogP) is -0.184. The van der Waals surface area contributed by atoms with Crippen molar-refractivity contribution in [2.24, 2.45) is 0 Å². The second-order valence-corrected chi connectivity index (χ2v) is 2.17. The molecule has 0 aliphatic heterocycles. The highest BCUT2D eigenvalue weighted by Crippen LogP contribution is 2.02. The zero-order valence-corrected chi connectivity index (χ0v) is 6.18. The molecule has 2 N–H and O–H groups in total. The van der Waals surface area contributed by atoms with E-state index in [9.17, 15) is 10.1 Å². The molecule has 1 aromatic heterocycles. The Bertz CT molecular complexity index is 383. The third kappa shape index (κ3) is 1.24. The van der Waals surface area contributed by atoms with E-state index in [0.717, 1.165) is 6.07 Å². The number of nitro groups is 1. The SMILES string of the molecule is Cc1cc([N+](=O)[O-])c(=N)n(O)n1. The first-order valence-corrected chi connectivity index (χ1v) is 3.01. The topological polar surface area (TPSA) is 105 Å². The Hall–Kier alpha value is -1.92. The molecule has 1 aromatic rings. The second-order valence-electron chi connectivity index (χ2n) is 2.17. The molecular formula is C5H6N4O3. The minimum absolute atomic E-state index is 0.174. The number of nitrogens with zero attached hydrogens (tertiary/aromatic N) is 3. The van der Waals surface area contributed by atoms with Crippen molar-refractivity contribution in [2.45, 2.75) is 6.92 Å². The molecule has 0 saturated carbocycles. The first-order valence-electron chi connectivity index (χ1n) is 3.01. The van der Waals surface area contributed by atoms with Crippen LogP contribution in [0.1, 0.15) is 5.69 Å². The average molecular weight is 170 g/mol. The normalized spacial score (nSPS) is 9.75. The third-order valence-corrected chi connectivity index (χ3v) is 1.24. The Kier molecular flexibility index (Phi) is 1.78. The molecule has 0 unspecified atom stereocenters. The van der Waals surface area contributed by atoms with Gasteiger partial charge in [0.2, 0.25) is 0 Å². The highest BCUT2D eigenvalue weighted by atomic mass is 16.6. The van der Waals surface area contributed by atoms with Crippen molar-refractivity contribution in [2.75, 3.05) is 0 Å². The van der Waals surface area contributed by atoms with Gasteiger partial charge in [-0.05, 0) is 6.92 Å². The highest BCUT2D eigenvalue weighted by Gasteiger charge is 2.12. The molecule has 0 spiro atoms. The monoisotopic (exact) mass is 170 g/mol. The number of nitrogens with one attached hydrogen (secondary N) is 1. The molecule has 0 bridgehead atoms. The van der Waals surface area contributed by atoms with Crippen molar-refractivity contribution in [3.63, 3.8) is 0 Å². The van der Waals surface area contributed by atoms with Gasteiger partial charge in [-0.15, -0.1) is 5.10 Å². The summed E-state index contributed by atoms with van der Waals surface area (Å²) in [6.45, 7) is 1.49. The fourth-order valence-corrected chi connectivity index (χ4v) is 0.736. The molecule has 0 saturated heterocycles. The molecule has 1 rings (SSSR count). The lowest BCUT2D eigenvalue weighted by Crippen LogP contribution is -2.23. The van der Waals surface area contributed by atoms with E-state index in [1.807, 2.05) is 0 Å². The van der Waals surface area contributed by atoms with Crippen molar-refractivity contribution >= 4 is 5.69 Å². The van der Waals surface area contributed by atoms with Crippen molar-refractivity contribution in [3.8, 4) is 0 Å². The van der Waals surface area contributed by atoms with Crippen LogP contribution in [-0.4, -0.2) is 20.1 Å². The van der Waals surface area contributed by atoms with Crippen LogP contribution >= 0.6 is 0 Å². The van der Waals surface area contributed by atoms with Gasteiger partial charge in [0.25, 0.3) is 5.49 Å². The summed E-state index contributed by atoms with van der Waals surface area (Å²) in [5.74, 6) is 0. The summed E-state index contributed by atoms with van der Waals surface area (Å²) in [6, 6.07) is 1.12. The lowest BCUT2D eigenvalue weighted by molar-refractivity contribution is -0.387. The summed E-state index contributed by atoms with van der Waals surface area (Å²) in [5.41, 5.74) is -0.823. The summed E-state index contributed by atoms with van der Waals surface area (Å²) >= 11 is 0. The molecule has 0 aromatic carbocycles. The maximum Gasteiger partial charge on any atom is 0.318 e. The predicted molar refractivity (Wildman–Crippen MR) is 36.7 cm³/mol. The molecule has 64 valence electrons. The van der Waals surface area contributed by atoms with E-state index in [1.165, 1.54) is 6.92 Å². The average Bonchev–Trinajstić information content (AvgIpc) is 1.96. The van der Waals surface area contributed by atoms with E-state index >= 15 is 0 Å². The van der Waals surface area contributed by atoms with Crippen molar-refractivity contribution in [1.82, 2.24) is 9.94 Å². The van der Waals surface area contributed by atoms with Gasteiger partial charge in [-0.3, -0.25) is 15.5 Å². The van der Waals surface area contributed by atoms with Crippen LogP contribution < -0.4 is 5.49 Å². The molecule has 0 aliphatic carbocycles. The molecule has 0 aliphatic rings. The molecule has 7 heteroatoms. The van der Waals surface area contributed by atoms with E-state index in [1.54, 1.807) is 0 Å². The molecule has 0 amide bonds. The summed E-state index contributed by atoms with van der Waals surface area (Å²) < 4.78 is 0. The summed E-state index contributed by atoms with van der Waals surface area (Å²) in [6.07, 6.45) is 0. The fourth-order valence-electron chi connectivity index (χ4n) is 0.736. The molecular weight excluding hydrogens is 164 g/mol. The van der Waals surface area contributed by atoms with Crippen LogP contribution in [-0.2, 0) is 0 Å². The summed E-state index contributed by atoms with van der Waals surface area (Å²) in [5, 5.41) is 29.5. The lowest BCUT2D eigenvalue weighted by Gasteiger charge is -1.97. The van der Waals surface area contributed by atoms with Gasteiger partial charge in [0.1, 0.15) is 0 Å². The standard InChI is InChI=1S/C5H6N4O3/c1-3-2-4(9(11)12)5(6)8(10)7-3/h2,6,10H,1H3. The van der Waals surface area contributed by atoms with Crippen LogP contribution in [0.15, 0.2) is 6.07 Å². The highest BCUT2D eigenvalue weighted by molar-refractivity contribution is 5.24. The van der Waals surface area contributed by atoms with Crippen molar-refractivity contribution < 1.29 is 10.1 Å². The van der Waals surface area contributed by atoms with Crippen LogP contribution in [0.2, 0.25) is 0 Å². The van der Waals surface area contributed by atoms with Crippen molar-refractivity contribution in [3.05, 3.63) is 27.4 Å². The molecule has 0 radical (unpaired) electrons. The van der Waals surface area contributed by atoms with Crippen molar-refractivity contribution in [1.29, 1.82) is 5.41 Å². The molecule has 1 heterocycles. The summed E-state index contributed by atoms with van der Waals surface area (Å²) in [4.78, 5) is 9.69. The number of hydrogen-bond donors (Lipinski definition) is 2. The Balaban J connectivity index is 3.49. The van der Waals surface area contributed by atoms with Gasteiger partial charge in [-0.2, -0.15) is 0 Å². The van der Waals surface area contributed by atoms with E-state index < -0.39 is 16.1 Å². The minimum atomic E-state index is -0.746. The van der Waals surface area contributed by atoms with Gasteiger partial charge in [0, 0.05) is 6.07 Å².